The van der Waals surface area contributed by atoms with Crippen LogP contribution in [0, 0.1) is 0 Å². The topological polar surface area (TPSA) is 237 Å². The first-order chi connectivity index (χ1) is 48.7. The number of hydrogen-bond donors (Lipinski definition) is 3. The third-order valence-corrected chi connectivity index (χ3v) is 16.6. The van der Waals surface area contributed by atoms with E-state index in [0.29, 0.717) is 38.5 Å². The molecule has 0 bridgehead atoms. The van der Waals surface area contributed by atoms with E-state index in [1.54, 1.807) is 0 Å². The van der Waals surface area contributed by atoms with Gasteiger partial charge < -0.3 is 33.8 Å². The number of aliphatic hydroxyl groups excluding tert-OH is 1. The Morgan fingerprint density at radius 3 is 0.850 bits per heavy atom. The largest absolute Gasteiger partial charge is 0.472 e. The number of esters is 4. The summed E-state index contributed by atoms with van der Waals surface area (Å²) in [7, 11) is -10.0. The quantitative estimate of drug-likeness (QED) is 0.0169. The van der Waals surface area contributed by atoms with Crippen LogP contribution in [0.4, 0.5) is 0 Å². The summed E-state index contributed by atoms with van der Waals surface area (Å²) in [5.74, 6) is -2.37. The maximum atomic E-state index is 13.1. The van der Waals surface area contributed by atoms with Crippen molar-refractivity contribution in [2.75, 3.05) is 39.6 Å². The fourth-order valence-electron chi connectivity index (χ4n) is 9.10. The molecule has 0 saturated heterocycles. The Morgan fingerprint density at radius 1 is 0.290 bits per heavy atom. The third-order valence-electron chi connectivity index (χ3n) is 14.7. The number of allylic oxidation sites excluding steroid dienone is 28. The van der Waals surface area contributed by atoms with Crippen LogP contribution in [0.1, 0.15) is 259 Å². The van der Waals surface area contributed by atoms with E-state index in [4.69, 9.17) is 37.0 Å². The second-order valence-corrected chi connectivity index (χ2v) is 27.0. The highest BCUT2D eigenvalue weighted by Gasteiger charge is 2.30. The number of aliphatic hydroxyl groups is 1. The maximum absolute atomic E-state index is 13.1. The van der Waals surface area contributed by atoms with Crippen molar-refractivity contribution in [1.82, 2.24) is 0 Å². The molecule has 0 rings (SSSR count). The van der Waals surface area contributed by atoms with E-state index in [1.165, 1.54) is 38.5 Å². The minimum absolute atomic E-state index is 0.00272. The van der Waals surface area contributed by atoms with Gasteiger partial charge in [0.15, 0.2) is 12.2 Å². The lowest BCUT2D eigenvalue weighted by Gasteiger charge is -2.21. The molecule has 0 aliphatic heterocycles. The van der Waals surface area contributed by atoms with Crippen LogP contribution in [-0.2, 0) is 65.4 Å². The van der Waals surface area contributed by atoms with Crippen molar-refractivity contribution >= 4 is 39.5 Å². The smallest absolute Gasteiger partial charge is 0.462 e. The number of hydrogen-bond acceptors (Lipinski definition) is 15. The van der Waals surface area contributed by atoms with Crippen LogP contribution in [0.3, 0.4) is 0 Å². The Balaban J connectivity index is 5.49. The van der Waals surface area contributed by atoms with Gasteiger partial charge in [0.1, 0.15) is 19.3 Å². The number of carbonyl (C=O) groups excluding carboxylic acids is 4. The molecule has 0 spiro atoms. The Hall–Kier alpha value is -5.58. The minimum atomic E-state index is -5.01. The zero-order valence-electron chi connectivity index (χ0n) is 61.5. The summed E-state index contributed by atoms with van der Waals surface area (Å²) in [5, 5.41) is 10.6. The minimum Gasteiger partial charge on any atom is -0.462 e. The molecule has 3 N–H and O–H groups in total. The predicted octanol–water partition coefficient (Wildman–Crippen LogP) is 21.4. The van der Waals surface area contributed by atoms with Crippen molar-refractivity contribution in [2.45, 2.75) is 277 Å². The van der Waals surface area contributed by atoms with Crippen molar-refractivity contribution < 1.29 is 80.2 Å². The summed E-state index contributed by atoms with van der Waals surface area (Å²) in [5.41, 5.74) is 0. The Kier molecular flexibility index (Phi) is 67.8. The normalized spacial score (nSPS) is 14.9. The molecular formula is C81H130O17P2. The summed E-state index contributed by atoms with van der Waals surface area (Å²) >= 11 is 0. The fourth-order valence-corrected chi connectivity index (χ4v) is 10.7. The molecule has 0 fully saturated rings. The van der Waals surface area contributed by atoms with Crippen LogP contribution < -0.4 is 0 Å². The Bertz CT molecular complexity index is 2570. The molecule has 0 aromatic carbocycles. The van der Waals surface area contributed by atoms with Crippen molar-refractivity contribution in [2.24, 2.45) is 0 Å². The molecule has 0 aromatic heterocycles. The molecule has 5 atom stereocenters. The van der Waals surface area contributed by atoms with E-state index >= 15 is 0 Å². The van der Waals surface area contributed by atoms with Crippen molar-refractivity contribution in [3.63, 3.8) is 0 Å². The molecule has 0 saturated carbocycles. The van der Waals surface area contributed by atoms with Crippen LogP contribution in [0.25, 0.3) is 0 Å². The lowest BCUT2D eigenvalue weighted by molar-refractivity contribution is -0.161. The number of phosphoric acid groups is 2. The lowest BCUT2D eigenvalue weighted by Crippen LogP contribution is -2.30. The van der Waals surface area contributed by atoms with Gasteiger partial charge in [-0.3, -0.25) is 37.3 Å². The van der Waals surface area contributed by atoms with Crippen LogP contribution in [0.5, 0.6) is 0 Å². The first-order valence-electron chi connectivity index (χ1n) is 37.4. The monoisotopic (exact) mass is 1440 g/mol. The molecule has 566 valence electrons. The van der Waals surface area contributed by atoms with Gasteiger partial charge in [0.25, 0.3) is 0 Å². The van der Waals surface area contributed by atoms with Gasteiger partial charge in [0, 0.05) is 25.7 Å². The van der Waals surface area contributed by atoms with Crippen LogP contribution in [-0.4, -0.2) is 96.7 Å². The van der Waals surface area contributed by atoms with Gasteiger partial charge in [0.05, 0.1) is 26.4 Å². The van der Waals surface area contributed by atoms with Gasteiger partial charge in [0.2, 0.25) is 0 Å². The number of phosphoric ester groups is 2. The molecular weight excluding hydrogens is 1310 g/mol. The molecule has 100 heavy (non-hydrogen) atoms. The molecule has 0 aromatic rings. The average Bonchev–Trinajstić information content (AvgIpc) is 1.00. The molecule has 0 amide bonds. The number of carbonyl (C=O) groups is 4. The van der Waals surface area contributed by atoms with Crippen molar-refractivity contribution in [3.05, 3.63) is 170 Å². The predicted molar refractivity (Wildman–Crippen MR) is 408 cm³/mol. The highest BCUT2D eigenvalue weighted by molar-refractivity contribution is 7.47. The molecule has 17 nitrogen and oxygen atoms in total. The summed E-state index contributed by atoms with van der Waals surface area (Å²) in [4.78, 5) is 72.7. The third kappa shape index (κ3) is 70.8. The van der Waals surface area contributed by atoms with E-state index in [0.717, 1.165) is 128 Å². The average molecular weight is 1440 g/mol. The van der Waals surface area contributed by atoms with Crippen LogP contribution >= 0.6 is 15.6 Å². The second-order valence-electron chi connectivity index (χ2n) is 24.1. The molecule has 0 aliphatic carbocycles. The number of unbranched alkanes of at least 4 members (excludes halogenated alkanes) is 14. The van der Waals surface area contributed by atoms with Crippen LogP contribution in [0.2, 0.25) is 0 Å². The van der Waals surface area contributed by atoms with E-state index in [1.807, 2.05) is 24.3 Å². The van der Waals surface area contributed by atoms with E-state index < -0.39 is 97.5 Å². The van der Waals surface area contributed by atoms with Gasteiger partial charge >= 0.3 is 39.5 Å². The first kappa shape index (κ1) is 94.4. The standard InChI is InChI=1S/C81H130O17P2/c1-5-9-13-17-21-25-29-32-35-37-40-43-47-50-54-58-62-66-79(84)92-72-77(98-81(86)68-64-60-56-52-48-44-41-38-36-33-30-26-22-18-14-10-6-2)74-96-100(89,90)94-70-75(82)69-93-99(87,88)95-73-76(97-80(85)67-63-59-55-51-45-28-24-20-16-12-8-4)71-91-78(83)65-61-57-53-49-46-42-39-34-31-27-23-19-15-11-7-3/h9-11,13-15,21-23,25-27,32-36,39-41,43-44,46,49-50,52,54,56,75-77,82H,5-8,12,16-20,24,28-31,37-38,42,45,47-48,51,53,55,57-74H2,1-4H3,(H,87,88)(H,89,90)/b13-9-,14-10-,15-11-,25-21-,26-22-,27-23-,35-32-,36-33-,39-34-,43-40-,44-41-,49-46-,54-50-,56-52-. The molecule has 0 heterocycles. The summed E-state index contributed by atoms with van der Waals surface area (Å²) in [6, 6.07) is 0. The maximum Gasteiger partial charge on any atom is 0.472 e. The molecule has 0 radical (unpaired) electrons. The van der Waals surface area contributed by atoms with Gasteiger partial charge in [-0.15, -0.1) is 0 Å². The van der Waals surface area contributed by atoms with E-state index in [2.05, 4.69) is 174 Å². The highest BCUT2D eigenvalue weighted by Crippen LogP contribution is 2.45. The number of ether oxygens (including phenoxy) is 4. The zero-order valence-corrected chi connectivity index (χ0v) is 63.3. The summed E-state index contributed by atoms with van der Waals surface area (Å²) in [6.45, 7) is 4.31. The summed E-state index contributed by atoms with van der Waals surface area (Å²) < 4.78 is 68.2. The van der Waals surface area contributed by atoms with Gasteiger partial charge in [-0.25, -0.2) is 9.13 Å². The Morgan fingerprint density at radius 2 is 0.530 bits per heavy atom. The Labute approximate surface area is 603 Å². The van der Waals surface area contributed by atoms with Crippen molar-refractivity contribution in [1.29, 1.82) is 0 Å². The van der Waals surface area contributed by atoms with E-state index in [-0.39, 0.29) is 25.7 Å². The molecule has 0 aliphatic rings. The second kappa shape index (κ2) is 71.8. The van der Waals surface area contributed by atoms with Crippen molar-refractivity contribution in [3.8, 4) is 0 Å². The fraction of sp³-hybridized carbons (Fsp3) is 0.605. The van der Waals surface area contributed by atoms with E-state index in [9.17, 15) is 43.2 Å². The number of rotatable bonds is 68. The lowest BCUT2D eigenvalue weighted by atomic mass is 10.1. The van der Waals surface area contributed by atoms with Crippen LogP contribution in [0.15, 0.2) is 170 Å². The highest BCUT2D eigenvalue weighted by atomic mass is 31.2. The van der Waals surface area contributed by atoms with Gasteiger partial charge in [-0.2, -0.15) is 0 Å². The SMILES string of the molecule is CC/C=C\C/C=C\C/C=C\C/C=C\C/C=C\CCCC(=O)OCC(COP(=O)(O)OCC(O)COP(=O)(O)OCC(COC(=O)CCCC/C=C\C/C=C\C/C=C\C/C=C\CC)OC(=O)CCCCCCCCCCCCC)OC(=O)CCC/C=C\C/C=C\C/C=C\C/C=C\C/C=C\CC. The van der Waals surface area contributed by atoms with Gasteiger partial charge in [-0.05, 0) is 141 Å². The van der Waals surface area contributed by atoms with Gasteiger partial charge in [-0.1, -0.05) is 262 Å². The first-order valence-corrected chi connectivity index (χ1v) is 40.4. The zero-order chi connectivity index (χ0) is 73.2. The molecule has 19 heteroatoms. The molecule has 5 unspecified atom stereocenters. The summed E-state index contributed by atoms with van der Waals surface area (Å²) in [6.07, 6.45) is 83.8.